The molecule has 19 nitrogen and oxygen atoms in total. The van der Waals surface area contributed by atoms with Crippen LogP contribution in [-0.4, -0.2) is 117 Å². The van der Waals surface area contributed by atoms with Crippen LogP contribution in [0, 0.1) is 35.5 Å². The second-order valence-corrected chi connectivity index (χ2v) is 41.7. The van der Waals surface area contributed by atoms with E-state index in [0.29, 0.717) is 44.7 Å². The minimum absolute atomic E-state index is 0. The van der Waals surface area contributed by atoms with Crippen molar-refractivity contribution in [2.75, 3.05) is 0 Å². The monoisotopic (exact) mass is 1340 g/mol. The van der Waals surface area contributed by atoms with E-state index in [2.05, 4.69) is 127 Å². The van der Waals surface area contributed by atoms with Crippen LogP contribution in [0.25, 0.3) is 0 Å². The number of hydrogen-bond donors (Lipinski definition) is 7. The van der Waals surface area contributed by atoms with E-state index in [4.69, 9.17) is 23.1 Å². The molecule has 2 rings (SSSR count). The van der Waals surface area contributed by atoms with Gasteiger partial charge in [0.25, 0.3) is 0 Å². The molecule has 0 aromatic heterocycles. The first kappa shape index (κ1) is 89.5. The van der Waals surface area contributed by atoms with Crippen molar-refractivity contribution in [3.05, 3.63) is 71.8 Å². The van der Waals surface area contributed by atoms with Crippen LogP contribution < -0.4 is 31.9 Å². The van der Waals surface area contributed by atoms with Crippen molar-refractivity contribution >= 4 is 58.6 Å². The minimum Gasteiger partial charge on any atom is -0.481 e. The van der Waals surface area contributed by atoms with Crippen LogP contribution in [0.3, 0.4) is 0 Å². The smallest absolute Gasteiger partial charge is 0.408 e. The second-order valence-electron chi connectivity index (χ2n) is 32.2. The summed E-state index contributed by atoms with van der Waals surface area (Å²) < 4.78 is 29.8. The van der Waals surface area contributed by atoms with Crippen molar-refractivity contribution in [3.8, 4) is 0 Å². The van der Waals surface area contributed by atoms with E-state index < -0.39 is 87.7 Å². The Kier molecular flexibility index (Phi) is 38.0. The molecule has 0 aliphatic rings. The zero-order valence-corrected chi connectivity index (χ0v) is 64.3. The summed E-state index contributed by atoms with van der Waals surface area (Å²) in [6.45, 7) is 58.2. The Balaban J connectivity index is 0. The number of carbonyl (C=O) groups is 7. The van der Waals surface area contributed by atoms with Gasteiger partial charge in [-0.05, 0) is 159 Å². The van der Waals surface area contributed by atoms with Crippen molar-refractivity contribution in [3.63, 3.8) is 0 Å². The van der Waals surface area contributed by atoms with Crippen molar-refractivity contribution < 1.29 is 61.7 Å². The van der Waals surface area contributed by atoms with Crippen LogP contribution in [-0.2, 0) is 55.3 Å². The van der Waals surface area contributed by atoms with Gasteiger partial charge in [-0.15, -0.1) is 0 Å². The first-order chi connectivity index (χ1) is 41.7. The molecule has 0 aliphatic carbocycles. The molecule has 0 spiro atoms. The number of benzene rings is 2. The van der Waals surface area contributed by atoms with Gasteiger partial charge in [0.15, 0.2) is 16.6 Å². The Labute approximate surface area is 565 Å². The van der Waals surface area contributed by atoms with Gasteiger partial charge in [0.1, 0.15) is 28.9 Å². The lowest BCUT2D eigenvalue weighted by Crippen LogP contribution is -2.54. The highest BCUT2D eigenvalue weighted by Crippen LogP contribution is 2.40. The number of rotatable bonds is 28. The maximum absolute atomic E-state index is 13.5. The number of alkyl carbamates (subject to hydrolysis) is 3. The second kappa shape index (κ2) is 39.5. The highest BCUT2D eigenvalue weighted by atomic mass is 28.4. The topological polar surface area (TPSA) is 258 Å². The molecule has 0 saturated heterocycles. The Morgan fingerprint density at radius 1 is 0.419 bits per heavy atom. The number of carboxylic acid groups (broad SMARTS) is 1. The molecule has 7 N–H and O–H groups in total. The summed E-state index contributed by atoms with van der Waals surface area (Å²) in [4.78, 5) is 87.6. The lowest BCUT2D eigenvalue weighted by atomic mass is 9.92. The number of hydrogen-bond acceptors (Lipinski definition) is 12. The zero-order chi connectivity index (χ0) is 71.7. The first-order valence-corrected chi connectivity index (χ1v) is 39.0. The van der Waals surface area contributed by atoms with Crippen LogP contribution in [0.5, 0.6) is 0 Å². The molecular formula is C72H132N6O13Si2. The first-order valence-electron chi connectivity index (χ1n) is 33.2. The minimum atomic E-state index is -2.28. The highest BCUT2D eigenvalue weighted by molar-refractivity contribution is 6.74. The van der Waals surface area contributed by atoms with Crippen molar-refractivity contribution in [2.24, 2.45) is 35.5 Å². The van der Waals surface area contributed by atoms with Gasteiger partial charge in [-0.25, -0.2) is 14.4 Å². The summed E-state index contributed by atoms with van der Waals surface area (Å²) in [7, 11) is -4.45. The van der Waals surface area contributed by atoms with E-state index in [0.717, 1.165) is 11.1 Å². The average molecular weight is 1350 g/mol. The SMILES string of the molecule is C.CC(C)C[C@H](NC(=O)OC(C)(C)C)[C@H](C[C@@H](C)C(=O)N[C@H](C(=O)NCc1ccccc1)C(C)C)O[Si](C)(C)C(C)(C)C.CC(C)C[C@H](NC(=O)OC(C)(C)C)[C@H](C[C@@H](C)C(=O)O)O[Si](C)(C)C(C)(C)C.CC(C)[C@H](NC(=O)OC(C)(C)C)C(=O)NCc1ccccc1. The number of carboxylic acids is 1. The van der Waals surface area contributed by atoms with Crippen molar-refractivity contribution in [2.45, 2.75) is 309 Å². The number of aliphatic carboxylic acids is 1. The fourth-order valence-electron chi connectivity index (χ4n) is 8.74. The molecule has 2 aromatic rings. The Bertz CT molecular complexity index is 2550. The number of carbonyl (C=O) groups excluding carboxylic acids is 6. The van der Waals surface area contributed by atoms with Gasteiger partial charge in [0, 0.05) is 19.0 Å². The Morgan fingerprint density at radius 2 is 0.710 bits per heavy atom. The molecule has 0 heterocycles. The van der Waals surface area contributed by atoms with Crippen LogP contribution >= 0.6 is 0 Å². The zero-order valence-electron chi connectivity index (χ0n) is 62.3. The molecule has 8 atom stereocenters. The fourth-order valence-corrected chi connectivity index (χ4v) is 11.5. The van der Waals surface area contributed by atoms with Gasteiger partial charge in [-0.1, -0.05) is 179 Å². The maximum Gasteiger partial charge on any atom is 0.408 e. The summed E-state index contributed by atoms with van der Waals surface area (Å²) in [5.41, 5.74) is 0.174. The largest absolute Gasteiger partial charge is 0.481 e. The van der Waals surface area contributed by atoms with Crippen LogP contribution in [0.2, 0.25) is 36.3 Å². The van der Waals surface area contributed by atoms with E-state index in [1.165, 1.54) is 0 Å². The summed E-state index contributed by atoms with van der Waals surface area (Å²) in [6, 6.07) is 17.4. The molecule has 0 aliphatic heterocycles. The molecule has 0 bridgehead atoms. The third kappa shape index (κ3) is 38.0. The summed E-state index contributed by atoms with van der Waals surface area (Å²) in [5, 5.41) is 26.8. The molecule has 0 fully saturated rings. The third-order valence-electron chi connectivity index (χ3n) is 15.8. The maximum atomic E-state index is 13.5. The number of ether oxygens (including phenoxy) is 3. The van der Waals surface area contributed by atoms with E-state index >= 15 is 0 Å². The van der Waals surface area contributed by atoms with Gasteiger partial charge >= 0.3 is 24.2 Å². The fraction of sp³-hybridized carbons (Fsp3) is 0.736. The van der Waals surface area contributed by atoms with Crippen LogP contribution in [0.15, 0.2) is 60.7 Å². The molecule has 0 radical (unpaired) electrons. The van der Waals surface area contributed by atoms with Gasteiger partial charge < -0.3 is 60.1 Å². The predicted octanol–water partition coefficient (Wildman–Crippen LogP) is 15.7. The lowest BCUT2D eigenvalue weighted by Gasteiger charge is -2.42. The van der Waals surface area contributed by atoms with E-state index in [9.17, 15) is 38.7 Å². The van der Waals surface area contributed by atoms with Gasteiger partial charge in [-0.3, -0.25) is 19.2 Å². The lowest BCUT2D eigenvalue weighted by molar-refractivity contribution is -0.142. The van der Waals surface area contributed by atoms with Gasteiger partial charge in [0.2, 0.25) is 17.7 Å². The standard InChI is InChI=1S/C33H59N3O5Si.C21H43NO5Si.C17H26N2O3.CH4/c1-22(2)19-26(35-31(39)40-32(6,7)8)27(41-42(12,13)33(9,10)11)20-24(5)29(37)36-28(23(3)4)30(38)34-21-25-17-15-14-16-18-25;1-14(2)12-16(22-19(25)26-20(4,5)6)17(13-15(3)18(23)24)27-28(10,11)21(7,8)9;1-12(2)14(19-16(21)22-17(3,4)5)15(20)18-11-13-9-7-6-8-10-13;/h14-18,22-24,26-28H,19-21H2,1-13H3,(H,34,38)(H,35,39)(H,36,37);14-17H,12-13H2,1-11H3,(H,22,25)(H,23,24);6-10,12,14H,11H2,1-5H3,(H,18,20)(H,19,21);1H4/t24-,26+,27+,28+;15-,16+,17+;14-;/m110./s1. The van der Waals surface area contributed by atoms with Gasteiger partial charge in [-0.2, -0.15) is 0 Å². The molecular weight excluding hydrogens is 1210 g/mol. The molecule has 0 saturated carbocycles. The van der Waals surface area contributed by atoms with Crippen molar-refractivity contribution in [1.29, 1.82) is 0 Å². The summed E-state index contributed by atoms with van der Waals surface area (Å²) in [6.07, 6.45) is -0.284. The van der Waals surface area contributed by atoms with E-state index in [1.54, 1.807) is 27.7 Å². The van der Waals surface area contributed by atoms with Crippen LogP contribution in [0.1, 0.15) is 217 Å². The third-order valence-corrected chi connectivity index (χ3v) is 24.8. The predicted molar refractivity (Wildman–Crippen MR) is 383 cm³/mol. The molecule has 93 heavy (non-hydrogen) atoms. The molecule has 2 aromatic carbocycles. The van der Waals surface area contributed by atoms with E-state index in [1.807, 2.05) is 137 Å². The Morgan fingerprint density at radius 3 is 0.978 bits per heavy atom. The van der Waals surface area contributed by atoms with Gasteiger partial charge in [0.05, 0.1) is 30.2 Å². The molecule has 536 valence electrons. The quantitative estimate of drug-likeness (QED) is 0.0309. The summed E-state index contributed by atoms with van der Waals surface area (Å²) >= 11 is 0. The number of amides is 6. The van der Waals surface area contributed by atoms with Crippen LogP contribution in [0.4, 0.5) is 14.4 Å². The highest BCUT2D eigenvalue weighted by Gasteiger charge is 2.44. The average Bonchev–Trinajstić information content (AvgIpc) is 0.834. The van der Waals surface area contributed by atoms with E-state index in [-0.39, 0.29) is 71.2 Å². The van der Waals surface area contributed by atoms with Crippen molar-refractivity contribution in [1.82, 2.24) is 31.9 Å². The normalized spacial score (nSPS) is 14.9. The molecule has 0 unspecified atom stereocenters. The number of nitrogens with one attached hydrogen (secondary N) is 6. The Hall–Kier alpha value is -5.52. The summed E-state index contributed by atoms with van der Waals surface area (Å²) in [5.74, 6) is -2.08. The molecule has 21 heteroatoms. The molecule has 6 amide bonds.